The summed E-state index contributed by atoms with van der Waals surface area (Å²) in [6, 6.07) is 7.52. The summed E-state index contributed by atoms with van der Waals surface area (Å²) < 4.78 is 36.3. The second-order valence-corrected chi connectivity index (χ2v) is 18.6. The third kappa shape index (κ3) is 11.7. The zero-order chi connectivity index (χ0) is 49.8. The fourth-order valence-electron chi connectivity index (χ4n) is 9.01. The van der Waals surface area contributed by atoms with Gasteiger partial charge in [-0.2, -0.15) is 0 Å². The Bertz CT molecular complexity index is 2140. The third-order valence-electron chi connectivity index (χ3n) is 13.0. The van der Waals surface area contributed by atoms with E-state index in [-0.39, 0.29) is 42.7 Å². The maximum Gasteiger partial charge on any atom is 0.194 e. The van der Waals surface area contributed by atoms with Crippen LogP contribution in [0.25, 0.3) is 0 Å². The van der Waals surface area contributed by atoms with Crippen molar-refractivity contribution < 1.29 is 68.6 Å². The molecular weight excluding hydrogens is 945 g/mol. The molecule has 5 aliphatic rings. The van der Waals surface area contributed by atoms with E-state index in [2.05, 4.69) is 21.3 Å². The monoisotopic (exact) mass is 1010 g/mol. The summed E-state index contributed by atoms with van der Waals surface area (Å²) in [5.41, 5.74) is 38.9. The van der Waals surface area contributed by atoms with Gasteiger partial charge in [0.25, 0.3) is 0 Å². The molecule has 382 valence electrons. The van der Waals surface area contributed by atoms with Crippen LogP contribution in [-0.4, -0.2) is 201 Å². The highest BCUT2D eigenvalue weighted by molar-refractivity contribution is 7.80. The normalized spacial score (nSPS) is 37.7. The first-order chi connectivity index (χ1) is 32.9. The van der Waals surface area contributed by atoms with Crippen LogP contribution in [0, 0.1) is 0 Å². The van der Waals surface area contributed by atoms with Crippen molar-refractivity contribution in [1.29, 1.82) is 0 Å². The standard InChI is InChI=1S/C43H64N10O14S2/c44-12-23-31(57)33(59)26(48)39(62-23)65-36-22(47)11-21(46)30(56)38(36)67-41-35(61)37(66-40-27(49)34(60)32(58)24(13-45)63-40)25(64-41)15-53-43(69)51-9-3-8-50-42(68)52-14-16-6-7-19-20(10-16)29(55)18-5-2-1-4-17(18)28(19)54/h1-2,4-7,10,21-27,30-41,56-61H,3,8-9,11-15,44-49H2,(H2,50,52,68)(H2,51,53,69)/t21-,22+,23-,24?,25-,26-,27-,30+,31-,32-,33-,34-,35-,36-,37-,38-,39-,40-,41+/m1/s1. The van der Waals surface area contributed by atoms with Crippen molar-refractivity contribution in [3.63, 3.8) is 0 Å². The van der Waals surface area contributed by atoms with Gasteiger partial charge in [0.05, 0.1) is 18.2 Å². The molecule has 3 heterocycles. The topological polar surface area (TPSA) is 415 Å². The fraction of sp³-hybridized carbons (Fsp3) is 0.628. The van der Waals surface area contributed by atoms with Crippen molar-refractivity contribution in [3.8, 4) is 0 Å². The Labute approximate surface area is 407 Å². The number of rotatable bonds is 16. The molecule has 1 unspecified atom stereocenters. The van der Waals surface area contributed by atoms with Crippen molar-refractivity contribution in [2.24, 2.45) is 34.4 Å². The zero-order valence-corrected chi connectivity index (χ0v) is 39.0. The van der Waals surface area contributed by atoms with Gasteiger partial charge in [0.2, 0.25) is 0 Å². The van der Waals surface area contributed by atoms with Crippen molar-refractivity contribution >= 4 is 46.2 Å². The molecule has 2 aromatic rings. The van der Waals surface area contributed by atoms with Gasteiger partial charge in [0, 0.05) is 73.6 Å². The zero-order valence-electron chi connectivity index (χ0n) is 37.4. The molecule has 19 atom stereocenters. The van der Waals surface area contributed by atoms with Crippen molar-refractivity contribution in [3.05, 3.63) is 70.3 Å². The van der Waals surface area contributed by atoms with Gasteiger partial charge in [-0.25, -0.2) is 0 Å². The lowest BCUT2D eigenvalue weighted by Gasteiger charge is -2.47. The van der Waals surface area contributed by atoms with E-state index in [1.54, 1.807) is 42.5 Å². The van der Waals surface area contributed by atoms with Crippen LogP contribution in [0.3, 0.4) is 0 Å². The SMILES string of the molecule is NCC1O[C@H](O[C@H]2[C@@H](O)[C@H](O[C@@H]3[C@@H](O)[C@H](N)C[C@H](N)[C@H]3O[C@H]3O[C@H](CN)[C@@H](O)[C@H](O)[C@H]3N)O[C@@H]2CNC(=S)NCCCNC(=S)NCc2ccc3c(c2)C(=O)c2ccccc2C3=O)[C@H](N)[C@@H](O)[C@@H]1O. The van der Waals surface area contributed by atoms with Crippen LogP contribution in [0.15, 0.2) is 42.5 Å². The number of fused-ring (bicyclic) bond motifs is 2. The molecule has 24 nitrogen and oxygen atoms in total. The minimum atomic E-state index is -1.64. The van der Waals surface area contributed by atoms with Crippen LogP contribution in [-0.2, 0) is 35.0 Å². The lowest BCUT2D eigenvalue weighted by molar-refractivity contribution is -0.306. The highest BCUT2D eigenvalue weighted by Crippen LogP contribution is 2.35. The number of hydrogen-bond acceptors (Lipinski definition) is 22. The average Bonchev–Trinajstić information content (AvgIpc) is 3.63. The van der Waals surface area contributed by atoms with Gasteiger partial charge in [0.15, 0.2) is 40.7 Å². The molecule has 69 heavy (non-hydrogen) atoms. The summed E-state index contributed by atoms with van der Waals surface area (Å²) in [4.78, 5) is 26.1. The molecular formula is C43H64N10O14S2. The van der Waals surface area contributed by atoms with Crippen LogP contribution in [0.5, 0.6) is 0 Å². The van der Waals surface area contributed by atoms with Crippen LogP contribution in [0.2, 0.25) is 0 Å². The van der Waals surface area contributed by atoms with Crippen LogP contribution < -0.4 is 55.7 Å². The van der Waals surface area contributed by atoms with Crippen molar-refractivity contribution in [2.75, 3.05) is 32.7 Å². The van der Waals surface area contributed by atoms with Crippen molar-refractivity contribution in [1.82, 2.24) is 21.3 Å². The van der Waals surface area contributed by atoms with E-state index >= 15 is 0 Å². The van der Waals surface area contributed by atoms with Gasteiger partial charge in [-0.15, -0.1) is 0 Å². The molecule has 22 N–H and O–H groups in total. The predicted octanol–water partition coefficient (Wildman–Crippen LogP) is -6.59. The molecule has 0 radical (unpaired) electrons. The largest absolute Gasteiger partial charge is 0.389 e. The number of hydrogen-bond donors (Lipinski definition) is 16. The van der Waals surface area contributed by atoms with Gasteiger partial charge in [-0.1, -0.05) is 30.3 Å². The molecule has 1 saturated carbocycles. The Morgan fingerprint density at radius 3 is 1.67 bits per heavy atom. The predicted molar refractivity (Wildman–Crippen MR) is 252 cm³/mol. The molecule has 7 rings (SSSR count). The summed E-state index contributed by atoms with van der Waals surface area (Å²) in [5, 5.41) is 78.2. The number of aliphatic hydroxyl groups excluding tert-OH is 6. The molecule has 0 aromatic heterocycles. The van der Waals surface area contributed by atoms with Crippen molar-refractivity contribution in [2.45, 2.75) is 136 Å². The molecule has 0 bridgehead atoms. The summed E-state index contributed by atoms with van der Waals surface area (Å²) >= 11 is 11.0. The Kier molecular flexibility index (Phi) is 18.0. The lowest BCUT2D eigenvalue weighted by Crippen LogP contribution is -2.68. The van der Waals surface area contributed by atoms with E-state index in [0.29, 0.717) is 53.4 Å². The number of carbonyl (C=O) groups excluding carboxylic acids is 2. The Hall–Kier alpha value is -3.56. The number of nitrogens with two attached hydrogens (primary N) is 6. The van der Waals surface area contributed by atoms with Gasteiger partial charge < -0.3 is 115 Å². The summed E-state index contributed by atoms with van der Waals surface area (Å²) in [6.07, 6.45) is -19.7. The lowest BCUT2D eigenvalue weighted by atomic mass is 9.83. The van der Waals surface area contributed by atoms with E-state index < -0.39 is 116 Å². The molecule has 2 aromatic carbocycles. The fourth-order valence-corrected chi connectivity index (χ4v) is 9.37. The molecule has 0 amide bonds. The molecule has 26 heteroatoms. The minimum absolute atomic E-state index is 0.0594. The smallest absolute Gasteiger partial charge is 0.194 e. The number of ether oxygens (including phenoxy) is 6. The minimum Gasteiger partial charge on any atom is -0.389 e. The van der Waals surface area contributed by atoms with Gasteiger partial charge >= 0.3 is 0 Å². The first-order valence-electron chi connectivity index (χ1n) is 22.7. The maximum absolute atomic E-state index is 13.1. The van der Waals surface area contributed by atoms with Crippen LogP contribution >= 0.6 is 24.4 Å². The molecule has 4 fully saturated rings. The maximum atomic E-state index is 13.1. The number of carbonyl (C=O) groups is 2. The second kappa shape index (κ2) is 23.3. The number of thiocarbonyl (C=S) groups is 2. The quantitative estimate of drug-likeness (QED) is 0.0468. The molecule has 3 aliphatic heterocycles. The summed E-state index contributed by atoms with van der Waals surface area (Å²) in [5.74, 6) is -0.399. The molecule has 2 aliphatic carbocycles. The summed E-state index contributed by atoms with van der Waals surface area (Å²) in [7, 11) is 0. The molecule has 0 spiro atoms. The van der Waals surface area contributed by atoms with E-state index in [4.69, 9.17) is 87.3 Å². The number of aliphatic hydroxyl groups is 6. The van der Waals surface area contributed by atoms with Gasteiger partial charge in [-0.3, -0.25) is 9.59 Å². The van der Waals surface area contributed by atoms with E-state index in [1.807, 2.05) is 0 Å². The molecule has 3 saturated heterocycles. The van der Waals surface area contributed by atoms with Crippen LogP contribution in [0.1, 0.15) is 50.2 Å². The summed E-state index contributed by atoms with van der Waals surface area (Å²) in [6.45, 7) is 0.685. The first-order valence-corrected chi connectivity index (χ1v) is 23.5. The van der Waals surface area contributed by atoms with E-state index in [0.717, 1.165) is 5.56 Å². The van der Waals surface area contributed by atoms with Gasteiger partial charge in [0.1, 0.15) is 67.1 Å². The number of benzene rings is 2. The first kappa shape index (κ1) is 53.2. The Morgan fingerprint density at radius 2 is 1.09 bits per heavy atom. The van der Waals surface area contributed by atoms with Gasteiger partial charge in [-0.05, 0) is 55.0 Å². The highest BCUT2D eigenvalue weighted by Gasteiger charge is 2.54. The number of nitrogens with one attached hydrogen (secondary N) is 4. The second-order valence-electron chi connectivity index (χ2n) is 17.7. The van der Waals surface area contributed by atoms with Crippen LogP contribution in [0.4, 0.5) is 0 Å². The van der Waals surface area contributed by atoms with E-state index in [9.17, 15) is 40.2 Å². The van der Waals surface area contributed by atoms with E-state index in [1.165, 1.54) is 0 Å². The highest BCUT2D eigenvalue weighted by atomic mass is 32.1. The Morgan fingerprint density at radius 1 is 0.580 bits per heavy atom. The average molecular weight is 1010 g/mol. The number of ketones is 2. The Balaban J connectivity index is 0.933. The third-order valence-corrected chi connectivity index (χ3v) is 13.6.